The van der Waals surface area contributed by atoms with Gasteiger partial charge in [0.05, 0.1) is 21.0 Å². The molecule has 2 aromatic carbocycles. The smallest absolute Gasteiger partial charge is 0.268 e. The van der Waals surface area contributed by atoms with Crippen molar-refractivity contribution in [3.63, 3.8) is 0 Å². The van der Waals surface area contributed by atoms with Crippen LogP contribution in [0.2, 0.25) is 0 Å². The largest absolute Gasteiger partial charge is 0.303 e. The van der Waals surface area contributed by atoms with Gasteiger partial charge in [-0.05, 0) is 31.5 Å². The molecule has 0 spiro atoms. The molecule has 0 saturated carbocycles. The fourth-order valence-corrected chi connectivity index (χ4v) is 2.95. The van der Waals surface area contributed by atoms with Crippen LogP contribution < -0.4 is 4.90 Å². The highest BCUT2D eigenvalue weighted by molar-refractivity contribution is 6.35. The molecule has 0 fully saturated rings. The standard InChI is InChI=1S/C16H11N3O6/c1-8-7-12(18(22)23)9(2)14(19(24)25)13(8)17-15(20)10-5-3-4-6-11(10)16(17)21/h3-7H,1-2H3. The summed E-state index contributed by atoms with van der Waals surface area (Å²) < 4.78 is 0. The van der Waals surface area contributed by atoms with Crippen molar-refractivity contribution in [1.82, 2.24) is 0 Å². The highest BCUT2D eigenvalue weighted by Crippen LogP contribution is 2.42. The summed E-state index contributed by atoms with van der Waals surface area (Å²) in [6.45, 7) is 2.61. The second-order valence-electron chi connectivity index (χ2n) is 5.54. The molecule has 1 aliphatic rings. The van der Waals surface area contributed by atoms with Crippen LogP contribution in [0.3, 0.4) is 0 Å². The lowest BCUT2D eigenvalue weighted by molar-refractivity contribution is -0.394. The van der Waals surface area contributed by atoms with Crippen molar-refractivity contribution in [3.05, 3.63) is 72.8 Å². The van der Waals surface area contributed by atoms with E-state index in [4.69, 9.17) is 0 Å². The second kappa shape index (κ2) is 5.48. The fraction of sp³-hybridized carbons (Fsp3) is 0.125. The van der Waals surface area contributed by atoms with Crippen LogP contribution in [-0.2, 0) is 0 Å². The molecule has 3 rings (SSSR count). The number of aryl methyl sites for hydroxylation is 1. The van der Waals surface area contributed by atoms with Crippen molar-refractivity contribution >= 4 is 28.9 Å². The first-order chi connectivity index (χ1) is 11.8. The van der Waals surface area contributed by atoms with Gasteiger partial charge in [-0.2, -0.15) is 0 Å². The minimum absolute atomic E-state index is 0.0958. The number of fused-ring (bicyclic) bond motifs is 1. The van der Waals surface area contributed by atoms with Crippen molar-refractivity contribution < 1.29 is 19.4 Å². The van der Waals surface area contributed by atoms with Crippen molar-refractivity contribution in [3.8, 4) is 0 Å². The topological polar surface area (TPSA) is 124 Å². The maximum Gasteiger partial charge on any atom is 0.303 e. The van der Waals surface area contributed by atoms with Gasteiger partial charge in [0, 0.05) is 6.07 Å². The maximum atomic E-state index is 12.6. The maximum absolute atomic E-state index is 12.6. The number of carbonyl (C=O) groups excluding carboxylic acids is 2. The molecule has 25 heavy (non-hydrogen) atoms. The van der Waals surface area contributed by atoms with Crippen molar-refractivity contribution in [1.29, 1.82) is 0 Å². The van der Waals surface area contributed by atoms with Crippen molar-refractivity contribution in [2.24, 2.45) is 0 Å². The van der Waals surface area contributed by atoms with Crippen LogP contribution in [0.1, 0.15) is 31.8 Å². The Kier molecular flexibility index (Phi) is 3.56. The third-order valence-electron chi connectivity index (χ3n) is 4.09. The van der Waals surface area contributed by atoms with Crippen LogP contribution in [0.5, 0.6) is 0 Å². The molecule has 0 unspecified atom stereocenters. The minimum Gasteiger partial charge on any atom is -0.268 e. The number of rotatable bonds is 3. The number of hydrogen-bond acceptors (Lipinski definition) is 6. The van der Waals surface area contributed by atoms with Crippen LogP contribution in [-0.4, -0.2) is 21.7 Å². The molecule has 9 nitrogen and oxygen atoms in total. The zero-order chi connectivity index (χ0) is 18.5. The molecule has 0 bridgehead atoms. The number of hydrogen-bond donors (Lipinski definition) is 0. The van der Waals surface area contributed by atoms with Crippen LogP contribution in [0, 0.1) is 34.1 Å². The normalized spacial score (nSPS) is 13.1. The van der Waals surface area contributed by atoms with E-state index in [0.717, 1.165) is 11.0 Å². The summed E-state index contributed by atoms with van der Waals surface area (Å²) in [6, 6.07) is 7.19. The van der Waals surface area contributed by atoms with Crippen LogP contribution in [0.4, 0.5) is 17.1 Å². The summed E-state index contributed by atoms with van der Waals surface area (Å²) >= 11 is 0. The van der Waals surface area contributed by atoms with Gasteiger partial charge in [-0.15, -0.1) is 0 Å². The van der Waals surface area contributed by atoms with E-state index < -0.39 is 33.0 Å². The molecule has 0 aliphatic carbocycles. The minimum atomic E-state index is -0.811. The Morgan fingerprint density at radius 1 is 0.920 bits per heavy atom. The summed E-state index contributed by atoms with van der Waals surface area (Å²) in [7, 11) is 0. The van der Waals surface area contributed by atoms with Gasteiger partial charge >= 0.3 is 5.69 Å². The second-order valence-corrected chi connectivity index (χ2v) is 5.54. The first-order valence-corrected chi connectivity index (χ1v) is 7.16. The SMILES string of the molecule is Cc1cc([N+](=O)[O-])c(C)c([N+](=O)[O-])c1N1C(=O)c2ccccc2C1=O. The first kappa shape index (κ1) is 16.2. The lowest BCUT2D eigenvalue weighted by atomic mass is 10.0. The average Bonchev–Trinajstić information content (AvgIpc) is 2.80. The van der Waals surface area contributed by atoms with Crippen molar-refractivity contribution in [2.45, 2.75) is 13.8 Å². The molecule has 126 valence electrons. The summed E-state index contributed by atoms with van der Waals surface area (Å²) in [5.74, 6) is -1.39. The molecule has 1 aliphatic heterocycles. The van der Waals surface area contributed by atoms with Gasteiger partial charge in [0.15, 0.2) is 0 Å². The third-order valence-corrected chi connectivity index (χ3v) is 4.09. The van der Waals surface area contributed by atoms with Gasteiger partial charge in [-0.3, -0.25) is 29.8 Å². The molecule has 0 radical (unpaired) electrons. The predicted octanol–water partition coefficient (Wildman–Crippen LogP) is 2.92. The van der Waals surface area contributed by atoms with Gasteiger partial charge in [0.25, 0.3) is 17.5 Å². The summed E-state index contributed by atoms with van der Waals surface area (Å²) in [5.41, 5.74) is -1.15. The number of amides is 2. The Morgan fingerprint density at radius 2 is 1.44 bits per heavy atom. The van der Waals surface area contributed by atoms with E-state index in [-0.39, 0.29) is 27.9 Å². The van der Waals surface area contributed by atoms with Gasteiger partial charge in [0.2, 0.25) is 0 Å². The van der Waals surface area contributed by atoms with E-state index in [1.165, 1.54) is 26.0 Å². The summed E-state index contributed by atoms with van der Waals surface area (Å²) in [6.07, 6.45) is 0. The molecule has 9 heteroatoms. The van der Waals surface area contributed by atoms with Crippen LogP contribution >= 0.6 is 0 Å². The summed E-state index contributed by atoms with van der Waals surface area (Å²) in [5, 5.41) is 22.7. The first-order valence-electron chi connectivity index (χ1n) is 7.16. The molecule has 0 N–H and O–H groups in total. The zero-order valence-electron chi connectivity index (χ0n) is 13.2. The van der Waals surface area contributed by atoms with Gasteiger partial charge in [-0.25, -0.2) is 4.90 Å². The molecule has 0 saturated heterocycles. The molecule has 0 atom stereocenters. The molecular formula is C16H11N3O6. The molecule has 1 heterocycles. The Hall–Kier alpha value is -3.62. The number of nitro benzene ring substituents is 2. The molecular weight excluding hydrogens is 330 g/mol. The Morgan fingerprint density at radius 3 is 1.88 bits per heavy atom. The zero-order valence-corrected chi connectivity index (χ0v) is 13.2. The number of benzene rings is 2. The Balaban J connectivity index is 2.31. The lowest BCUT2D eigenvalue weighted by Crippen LogP contribution is -2.31. The van der Waals surface area contributed by atoms with E-state index in [1.54, 1.807) is 12.1 Å². The number of nitrogens with zero attached hydrogens (tertiary/aromatic N) is 3. The lowest BCUT2D eigenvalue weighted by Gasteiger charge is -2.17. The number of nitro groups is 2. The Labute approximate surface area is 140 Å². The van der Waals surface area contributed by atoms with Gasteiger partial charge in [0.1, 0.15) is 11.3 Å². The number of imide groups is 1. The highest BCUT2D eigenvalue weighted by Gasteiger charge is 2.42. The fourth-order valence-electron chi connectivity index (χ4n) is 2.95. The molecule has 2 amide bonds. The van der Waals surface area contributed by atoms with E-state index in [1.807, 2.05) is 0 Å². The number of anilines is 1. The van der Waals surface area contributed by atoms with Crippen molar-refractivity contribution in [2.75, 3.05) is 4.90 Å². The monoisotopic (exact) mass is 341 g/mol. The predicted molar refractivity (Wildman–Crippen MR) is 86.8 cm³/mol. The Bertz CT molecular complexity index is 947. The third kappa shape index (κ3) is 2.24. The van der Waals surface area contributed by atoms with E-state index in [0.29, 0.717) is 0 Å². The number of carbonyl (C=O) groups is 2. The molecule has 2 aromatic rings. The van der Waals surface area contributed by atoms with Crippen LogP contribution in [0.25, 0.3) is 0 Å². The van der Waals surface area contributed by atoms with Gasteiger partial charge in [-0.1, -0.05) is 12.1 Å². The van der Waals surface area contributed by atoms with Gasteiger partial charge < -0.3 is 0 Å². The highest BCUT2D eigenvalue weighted by atomic mass is 16.6. The average molecular weight is 341 g/mol. The van der Waals surface area contributed by atoms with E-state index in [9.17, 15) is 29.8 Å². The van der Waals surface area contributed by atoms with E-state index in [2.05, 4.69) is 0 Å². The quantitative estimate of drug-likeness (QED) is 0.480. The van der Waals surface area contributed by atoms with E-state index >= 15 is 0 Å². The van der Waals surface area contributed by atoms with Crippen LogP contribution in [0.15, 0.2) is 30.3 Å². The summed E-state index contributed by atoms with van der Waals surface area (Å²) in [4.78, 5) is 47.1. The molecule has 0 aromatic heterocycles.